The van der Waals surface area contributed by atoms with Crippen LogP contribution in [0.5, 0.6) is 11.5 Å². The van der Waals surface area contributed by atoms with Gasteiger partial charge < -0.3 is 45.0 Å². The lowest BCUT2D eigenvalue weighted by atomic mass is 9.73. The number of aromatic amines is 2. The summed E-state index contributed by atoms with van der Waals surface area (Å²) < 4.78 is 11.4. The molecule has 2 unspecified atom stereocenters. The van der Waals surface area contributed by atoms with E-state index in [0.29, 0.717) is 24.7 Å². The van der Waals surface area contributed by atoms with E-state index < -0.39 is 29.7 Å². The Bertz CT molecular complexity index is 2510. The number of ether oxygens (including phenoxy) is 2. The van der Waals surface area contributed by atoms with Gasteiger partial charge in [0, 0.05) is 40.8 Å². The molecule has 5 heterocycles. The number of aromatic nitrogens is 4. The Morgan fingerprint density at radius 2 is 1.34 bits per heavy atom. The number of imidazole rings is 2. The molecule has 5 aromatic rings. The molecular weight excluding hydrogens is 777 g/mol. The number of alkyl carbamates (subject to hydrolysis) is 1. The number of fused-ring (bicyclic) bond motifs is 4. The molecule has 320 valence electrons. The van der Waals surface area contributed by atoms with Gasteiger partial charge in [0.1, 0.15) is 35.2 Å². The fourth-order valence-corrected chi connectivity index (χ4v) is 9.39. The molecule has 8 rings (SSSR count). The Kier molecular flexibility index (Phi) is 11.0. The summed E-state index contributed by atoms with van der Waals surface area (Å²) in [5, 5.41) is 16.6. The molecule has 15 nitrogen and oxygen atoms in total. The van der Waals surface area contributed by atoms with Crippen molar-refractivity contribution >= 4 is 34.8 Å². The van der Waals surface area contributed by atoms with Crippen LogP contribution in [0.1, 0.15) is 102 Å². The van der Waals surface area contributed by atoms with Crippen molar-refractivity contribution in [2.45, 2.75) is 96.8 Å². The number of amides is 4. The van der Waals surface area contributed by atoms with Crippen LogP contribution in [0.2, 0.25) is 0 Å². The fraction of sp³-hybridized carbons (Fsp3) is 0.435. The van der Waals surface area contributed by atoms with Gasteiger partial charge in [-0.2, -0.15) is 0 Å². The van der Waals surface area contributed by atoms with Crippen molar-refractivity contribution in [3.8, 4) is 34.0 Å². The number of hydrogen-bond acceptors (Lipinski definition) is 8. The quantitative estimate of drug-likeness (QED) is 0.0926. The van der Waals surface area contributed by atoms with Gasteiger partial charge in [0.15, 0.2) is 0 Å². The molecule has 0 saturated carbocycles. The van der Waals surface area contributed by atoms with Crippen molar-refractivity contribution in [3.63, 3.8) is 0 Å². The normalized spacial score (nSPS) is 19.0. The highest BCUT2D eigenvalue weighted by atomic mass is 16.5. The van der Waals surface area contributed by atoms with Gasteiger partial charge in [-0.05, 0) is 66.5 Å². The van der Waals surface area contributed by atoms with Crippen LogP contribution in [0.4, 0.5) is 9.59 Å². The minimum absolute atomic E-state index is 0.119. The molecular formula is C46H54N8O7. The summed E-state index contributed by atoms with van der Waals surface area (Å²) >= 11 is 0. The second kappa shape index (κ2) is 16.2. The maximum Gasteiger partial charge on any atom is 0.407 e. The lowest BCUT2D eigenvalue weighted by molar-refractivity contribution is -0.136. The van der Waals surface area contributed by atoms with Gasteiger partial charge in [-0.15, -0.1) is 0 Å². The van der Waals surface area contributed by atoms with E-state index >= 15 is 0 Å². The van der Waals surface area contributed by atoms with Crippen LogP contribution in [0.25, 0.3) is 33.3 Å². The Morgan fingerprint density at radius 1 is 0.787 bits per heavy atom. The average molecular weight is 831 g/mol. The summed E-state index contributed by atoms with van der Waals surface area (Å²) in [4.78, 5) is 70.6. The predicted molar refractivity (Wildman–Crippen MR) is 229 cm³/mol. The molecule has 5 N–H and O–H groups in total. The maximum atomic E-state index is 13.7. The fourth-order valence-electron chi connectivity index (χ4n) is 9.39. The van der Waals surface area contributed by atoms with E-state index in [0.717, 1.165) is 81.6 Å². The van der Waals surface area contributed by atoms with Crippen LogP contribution in [0, 0.1) is 11.8 Å². The van der Waals surface area contributed by atoms with Crippen LogP contribution in [-0.4, -0.2) is 91.1 Å². The molecule has 3 aromatic carbocycles. The third-order valence-corrected chi connectivity index (χ3v) is 12.6. The number of likely N-dealkylation sites (tertiary alicyclic amines) is 2. The van der Waals surface area contributed by atoms with Crippen molar-refractivity contribution in [2.75, 3.05) is 20.2 Å². The van der Waals surface area contributed by atoms with Crippen LogP contribution in [0.3, 0.4) is 0 Å². The van der Waals surface area contributed by atoms with E-state index in [1.165, 1.54) is 7.11 Å². The van der Waals surface area contributed by atoms with Crippen molar-refractivity contribution in [3.05, 3.63) is 83.7 Å². The zero-order valence-corrected chi connectivity index (χ0v) is 35.7. The maximum absolute atomic E-state index is 13.7. The monoisotopic (exact) mass is 830 g/mol. The minimum atomic E-state index is -1.22. The molecule has 61 heavy (non-hydrogen) atoms. The molecule has 0 spiro atoms. The first-order valence-corrected chi connectivity index (χ1v) is 21.1. The van der Waals surface area contributed by atoms with Gasteiger partial charge in [-0.1, -0.05) is 71.9 Å². The van der Waals surface area contributed by atoms with Crippen molar-refractivity contribution < 1.29 is 33.8 Å². The molecule has 4 amide bonds. The summed E-state index contributed by atoms with van der Waals surface area (Å²) in [6, 6.07) is 14.6. The van der Waals surface area contributed by atoms with Gasteiger partial charge in [0.25, 0.3) is 0 Å². The molecule has 2 fully saturated rings. The Balaban J connectivity index is 1.01. The largest absolute Gasteiger partial charge is 0.465 e. The molecule has 0 aliphatic carbocycles. The van der Waals surface area contributed by atoms with Gasteiger partial charge >= 0.3 is 12.2 Å². The zero-order valence-electron chi connectivity index (χ0n) is 35.7. The van der Waals surface area contributed by atoms with E-state index in [1.54, 1.807) is 11.1 Å². The van der Waals surface area contributed by atoms with E-state index in [4.69, 9.17) is 19.4 Å². The number of methoxy groups -OCH3 is 1. The molecule has 2 saturated heterocycles. The first kappa shape index (κ1) is 41.4. The zero-order chi connectivity index (χ0) is 43.3. The van der Waals surface area contributed by atoms with Crippen LogP contribution in [0.15, 0.2) is 60.9 Å². The highest BCUT2D eigenvalue weighted by Gasteiger charge is 2.40. The van der Waals surface area contributed by atoms with Gasteiger partial charge in [0.2, 0.25) is 11.8 Å². The van der Waals surface area contributed by atoms with Crippen molar-refractivity contribution in [2.24, 2.45) is 11.8 Å². The molecule has 3 aliphatic heterocycles. The van der Waals surface area contributed by atoms with Crippen LogP contribution < -0.4 is 15.4 Å². The standard InChI is InChI=1S/C46H54N8O7/c1-24(2)38(51-44(57)58)42(55)53-18-8-10-33(53)41-48-23-32(50-41)28-13-16-30-36(21-28)61-35-17-14-26-20-27(12-15-29(26)37(35)46(30,5)6)31-22-47-40(49-31)34-11-9-19-54(34)43(56)39(25(3)4)52-45(59)60-7/h12-17,20-25,33-34,38-39,51H,8-11,18-19H2,1-7H3,(H,47,49)(H,48,50)(H,52,59)(H,57,58)/t33-,34-,38?,39?/m0/s1. The summed E-state index contributed by atoms with van der Waals surface area (Å²) in [6.07, 6.45) is 4.87. The highest BCUT2D eigenvalue weighted by molar-refractivity contribution is 5.93. The van der Waals surface area contributed by atoms with E-state index in [-0.39, 0.29) is 35.7 Å². The second-order valence-corrected chi connectivity index (χ2v) is 17.6. The number of hydrogen-bond donors (Lipinski definition) is 5. The summed E-state index contributed by atoms with van der Waals surface area (Å²) in [5.74, 6) is 2.21. The van der Waals surface area contributed by atoms with E-state index in [2.05, 4.69) is 70.8 Å². The lowest BCUT2D eigenvalue weighted by Crippen LogP contribution is -2.51. The highest BCUT2D eigenvalue weighted by Crippen LogP contribution is 2.51. The Hall–Kier alpha value is -6.38. The smallest absolute Gasteiger partial charge is 0.407 e. The van der Waals surface area contributed by atoms with E-state index in [9.17, 15) is 24.3 Å². The SMILES string of the molecule is COC(=O)NC(C(=O)N1CCC[C@H]1c1ncc(-c2ccc3c4c(ccc3c2)Oc2cc(-c3cnc([C@@H]5CCCN5C(=O)C(NC(=O)O)C(C)C)[nH]3)ccc2C4(C)C)[nH]1)C(C)C. The number of rotatable bonds is 10. The second-order valence-electron chi connectivity index (χ2n) is 17.6. The van der Waals surface area contributed by atoms with Crippen LogP contribution in [-0.2, 0) is 19.7 Å². The summed E-state index contributed by atoms with van der Waals surface area (Å²) in [7, 11) is 1.29. The Labute approximate surface area is 354 Å². The van der Waals surface area contributed by atoms with Gasteiger partial charge in [-0.3, -0.25) is 9.59 Å². The molecule has 2 aromatic heterocycles. The first-order chi connectivity index (χ1) is 29.2. The van der Waals surface area contributed by atoms with Crippen molar-refractivity contribution in [1.29, 1.82) is 0 Å². The number of nitrogens with zero attached hydrogens (tertiary/aromatic N) is 4. The number of benzene rings is 3. The number of nitrogens with one attached hydrogen (secondary N) is 4. The molecule has 4 atom stereocenters. The lowest BCUT2D eigenvalue weighted by Gasteiger charge is -2.35. The first-order valence-electron chi connectivity index (χ1n) is 21.1. The summed E-state index contributed by atoms with van der Waals surface area (Å²) in [6.45, 7) is 13.0. The topological polar surface area (TPSA) is 195 Å². The minimum Gasteiger partial charge on any atom is -0.465 e. The van der Waals surface area contributed by atoms with Gasteiger partial charge in [-0.25, -0.2) is 19.6 Å². The Morgan fingerprint density at radius 3 is 1.90 bits per heavy atom. The third kappa shape index (κ3) is 7.65. The van der Waals surface area contributed by atoms with Crippen LogP contribution >= 0.6 is 0 Å². The molecule has 3 aliphatic rings. The number of carbonyl (C=O) groups excluding carboxylic acids is 3. The number of H-pyrrole nitrogens is 2. The third-order valence-electron chi connectivity index (χ3n) is 12.6. The molecule has 0 bridgehead atoms. The van der Waals surface area contributed by atoms with E-state index in [1.807, 2.05) is 50.9 Å². The predicted octanol–water partition coefficient (Wildman–Crippen LogP) is 8.05. The molecule has 0 radical (unpaired) electrons. The van der Waals surface area contributed by atoms with Crippen molar-refractivity contribution in [1.82, 2.24) is 40.4 Å². The van der Waals surface area contributed by atoms with Gasteiger partial charge in [0.05, 0.1) is 43.0 Å². The average Bonchev–Trinajstić information content (AvgIpc) is 4.07. The number of carboxylic acid groups (broad SMARTS) is 1. The molecule has 15 heteroatoms. The number of carbonyl (C=O) groups is 4. The summed E-state index contributed by atoms with van der Waals surface area (Å²) in [5.41, 5.74) is 5.24.